The van der Waals surface area contributed by atoms with E-state index in [9.17, 15) is 4.79 Å². The van der Waals surface area contributed by atoms with E-state index in [1.165, 1.54) is 6.21 Å². The maximum Gasteiger partial charge on any atom is 0.244 e. The minimum atomic E-state index is -0.172. The summed E-state index contributed by atoms with van der Waals surface area (Å²) in [6, 6.07) is 17.2. The van der Waals surface area contributed by atoms with E-state index in [2.05, 4.69) is 15.5 Å². The van der Waals surface area contributed by atoms with Crippen LogP contribution in [0.4, 0.5) is 0 Å². The van der Waals surface area contributed by atoms with Crippen LogP contribution in [0.1, 0.15) is 11.3 Å². The van der Waals surface area contributed by atoms with E-state index in [1.54, 1.807) is 0 Å². The van der Waals surface area contributed by atoms with Crippen LogP contribution < -0.4 is 5.43 Å². The Balaban J connectivity index is 1.66. The molecule has 2 N–H and O–H groups in total. The number of nitrogens with zero attached hydrogens (tertiary/aromatic N) is 1. The number of hydrogen-bond donors (Lipinski definition) is 2. The molecule has 1 heterocycles. The predicted molar refractivity (Wildman–Crippen MR) is 89.2 cm³/mol. The fraction of sp³-hybridized carbons (Fsp3) is 0.0588. The molecule has 4 nitrogen and oxygen atoms in total. The second kappa shape index (κ2) is 6.45. The van der Waals surface area contributed by atoms with Crippen molar-refractivity contribution in [2.24, 2.45) is 5.10 Å². The molecule has 0 unspecified atom stereocenters. The SMILES string of the molecule is O=C(Cc1ccccc1)N/N=C\c1[nH]c2ccccc2c1Cl. The van der Waals surface area contributed by atoms with E-state index in [0.717, 1.165) is 16.5 Å². The van der Waals surface area contributed by atoms with Gasteiger partial charge in [0.1, 0.15) is 0 Å². The first kappa shape index (κ1) is 14.4. The van der Waals surface area contributed by atoms with Crippen molar-refractivity contribution in [2.45, 2.75) is 6.42 Å². The van der Waals surface area contributed by atoms with Crippen LogP contribution in [0, 0.1) is 0 Å². The summed E-state index contributed by atoms with van der Waals surface area (Å²) in [6.45, 7) is 0. The number of aromatic amines is 1. The summed E-state index contributed by atoms with van der Waals surface area (Å²) >= 11 is 6.27. The standard InChI is InChI=1S/C17H14ClN3O/c18-17-13-8-4-5-9-14(13)20-15(17)11-19-21-16(22)10-12-6-2-1-3-7-12/h1-9,11,20H,10H2,(H,21,22)/b19-11-. The molecule has 0 saturated carbocycles. The summed E-state index contributed by atoms with van der Waals surface area (Å²) in [7, 11) is 0. The molecule has 0 aliphatic rings. The summed E-state index contributed by atoms with van der Waals surface area (Å²) < 4.78 is 0. The number of para-hydroxylation sites is 1. The highest BCUT2D eigenvalue weighted by atomic mass is 35.5. The Labute approximate surface area is 132 Å². The van der Waals surface area contributed by atoms with Crippen molar-refractivity contribution in [2.75, 3.05) is 0 Å². The Morgan fingerprint density at radius 3 is 2.64 bits per heavy atom. The number of halogens is 1. The third-order valence-electron chi connectivity index (χ3n) is 3.26. The second-order valence-electron chi connectivity index (χ2n) is 4.85. The maximum absolute atomic E-state index is 11.8. The van der Waals surface area contributed by atoms with Gasteiger partial charge >= 0.3 is 0 Å². The second-order valence-corrected chi connectivity index (χ2v) is 5.23. The number of fused-ring (bicyclic) bond motifs is 1. The zero-order chi connectivity index (χ0) is 15.4. The number of carbonyl (C=O) groups excluding carboxylic acids is 1. The van der Waals surface area contributed by atoms with Gasteiger partial charge in [-0.1, -0.05) is 60.1 Å². The molecule has 0 aliphatic heterocycles. The molecule has 3 aromatic rings. The molecule has 0 fully saturated rings. The van der Waals surface area contributed by atoms with Crippen LogP contribution in [0.5, 0.6) is 0 Å². The molecule has 0 bridgehead atoms. The number of aromatic nitrogens is 1. The first-order valence-electron chi connectivity index (χ1n) is 6.86. The fourth-order valence-corrected chi connectivity index (χ4v) is 2.47. The van der Waals surface area contributed by atoms with E-state index in [1.807, 2.05) is 54.6 Å². The summed E-state index contributed by atoms with van der Waals surface area (Å²) in [6.07, 6.45) is 1.81. The summed E-state index contributed by atoms with van der Waals surface area (Å²) in [5, 5.41) is 5.48. The average molecular weight is 312 g/mol. The smallest absolute Gasteiger partial charge is 0.244 e. The van der Waals surface area contributed by atoms with Crippen molar-refractivity contribution in [1.82, 2.24) is 10.4 Å². The molecule has 3 rings (SSSR count). The molecular formula is C17H14ClN3O. The zero-order valence-electron chi connectivity index (χ0n) is 11.7. The number of nitrogens with one attached hydrogen (secondary N) is 2. The molecule has 110 valence electrons. The summed E-state index contributed by atoms with van der Waals surface area (Å²) in [5.41, 5.74) is 5.05. The number of hydrazone groups is 1. The van der Waals surface area contributed by atoms with Crippen LogP contribution in [0.3, 0.4) is 0 Å². The number of amides is 1. The number of H-pyrrole nitrogens is 1. The summed E-state index contributed by atoms with van der Waals surface area (Å²) in [4.78, 5) is 14.9. The van der Waals surface area contributed by atoms with E-state index in [4.69, 9.17) is 11.6 Å². The number of rotatable bonds is 4. The van der Waals surface area contributed by atoms with Gasteiger partial charge in [-0.3, -0.25) is 4.79 Å². The lowest BCUT2D eigenvalue weighted by atomic mass is 10.1. The van der Waals surface area contributed by atoms with Crippen LogP contribution in [-0.2, 0) is 11.2 Å². The van der Waals surface area contributed by atoms with Gasteiger partial charge in [0.05, 0.1) is 23.4 Å². The Hall–Kier alpha value is -2.59. The molecule has 0 aliphatic carbocycles. The van der Waals surface area contributed by atoms with E-state index in [-0.39, 0.29) is 5.91 Å². The average Bonchev–Trinajstić information content (AvgIpc) is 2.85. The van der Waals surface area contributed by atoms with Crippen LogP contribution >= 0.6 is 11.6 Å². The highest BCUT2D eigenvalue weighted by molar-refractivity contribution is 6.38. The van der Waals surface area contributed by atoms with Crippen molar-refractivity contribution >= 4 is 34.6 Å². The molecule has 0 spiro atoms. The molecule has 5 heteroatoms. The van der Waals surface area contributed by atoms with Crippen molar-refractivity contribution in [1.29, 1.82) is 0 Å². The Morgan fingerprint density at radius 1 is 1.14 bits per heavy atom. The van der Waals surface area contributed by atoms with Gasteiger partial charge in [-0.05, 0) is 11.6 Å². The Morgan fingerprint density at radius 2 is 1.86 bits per heavy atom. The van der Waals surface area contributed by atoms with Crippen molar-refractivity contribution in [3.05, 3.63) is 70.9 Å². The fourth-order valence-electron chi connectivity index (χ4n) is 2.21. The lowest BCUT2D eigenvalue weighted by Crippen LogP contribution is -2.19. The van der Waals surface area contributed by atoms with E-state index in [0.29, 0.717) is 17.1 Å². The van der Waals surface area contributed by atoms with Crippen molar-refractivity contribution < 1.29 is 4.79 Å². The minimum Gasteiger partial charge on any atom is -0.352 e. The number of benzene rings is 2. The van der Waals surface area contributed by atoms with Gasteiger partial charge in [-0.15, -0.1) is 0 Å². The molecule has 0 atom stereocenters. The monoisotopic (exact) mass is 311 g/mol. The van der Waals surface area contributed by atoms with Crippen LogP contribution in [-0.4, -0.2) is 17.1 Å². The quantitative estimate of drug-likeness (QED) is 0.562. The predicted octanol–water partition coefficient (Wildman–Crippen LogP) is 3.51. The largest absolute Gasteiger partial charge is 0.352 e. The zero-order valence-corrected chi connectivity index (χ0v) is 12.5. The molecule has 2 aromatic carbocycles. The van der Waals surface area contributed by atoms with Gasteiger partial charge in [0, 0.05) is 10.9 Å². The van der Waals surface area contributed by atoms with Crippen LogP contribution in [0.2, 0.25) is 5.02 Å². The molecule has 1 amide bonds. The first-order valence-corrected chi connectivity index (χ1v) is 7.24. The molecule has 22 heavy (non-hydrogen) atoms. The third kappa shape index (κ3) is 3.18. The topological polar surface area (TPSA) is 57.2 Å². The van der Waals surface area contributed by atoms with Crippen LogP contribution in [0.25, 0.3) is 10.9 Å². The van der Waals surface area contributed by atoms with E-state index < -0.39 is 0 Å². The highest BCUT2D eigenvalue weighted by Gasteiger charge is 2.07. The van der Waals surface area contributed by atoms with Gasteiger partial charge in [0.15, 0.2) is 0 Å². The van der Waals surface area contributed by atoms with Crippen molar-refractivity contribution in [3.8, 4) is 0 Å². The molecule has 0 radical (unpaired) electrons. The van der Waals surface area contributed by atoms with Gasteiger partial charge in [-0.2, -0.15) is 5.10 Å². The third-order valence-corrected chi connectivity index (χ3v) is 3.67. The number of hydrogen-bond acceptors (Lipinski definition) is 2. The lowest BCUT2D eigenvalue weighted by Gasteiger charge is -1.99. The van der Waals surface area contributed by atoms with Gasteiger partial charge < -0.3 is 4.98 Å². The van der Waals surface area contributed by atoms with Gasteiger partial charge in [-0.25, -0.2) is 5.43 Å². The molecule has 0 saturated heterocycles. The molecule has 1 aromatic heterocycles. The number of carbonyl (C=O) groups is 1. The lowest BCUT2D eigenvalue weighted by molar-refractivity contribution is -0.120. The normalized spacial score (nSPS) is 11.1. The Kier molecular flexibility index (Phi) is 4.21. The van der Waals surface area contributed by atoms with Gasteiger partial charge in [0.2, 0.25) is 5.91 Å². The summed E-state index contributed by atoms with van der Waals surface area (Å²) in [5.74, 6) is -0.172. The van der Waals surface area contributed by atoms with E-state index >= 15 is 0 Å². The first-order chi connectivity index (χ1) is 10.7. The Bertz CT molecular complexity index is 824. The minimum absolute atomic E-state index is 0.172. The van der Waals surface area contributed by atoms with Crippen LogP contribution in [0.15, 0.2) is 59.7 Å². The maximum atomic E-state index is 11.8. The highest BCUT2D eigenvalue weighted by Crippen LogP contribution is 2.25. The van der Waals surface area contributed by atoms with Gasteiger partial charge in [0.25, 0.3) is 0 Å². The molecular weight excluding hydrogens is 298 g/mol. The van der Waals surface area contributed by atoms with Crippen molar-refractivity contribution in [3.63, 3.8) is 0 Å².